The molecule has 0 bridgehead atoms. The van der Waals surface area contributed by atoms with Crippen molar-refractivity contribution in [3.63, 3.8) is 0 Å². The van der Waals surface area contributed by atoms with Crippen LogP contribution in [-0.2, 0) is 17.6 Å². The fourth-order valence-corrected chi connectivity index (χ4v) is 5.96. The summed E-state index contributed by atoms with van der Waals surface area (Å²) in [5, 5.41) is 7.74. The van der Waals surface area contributed by atoms with Gasteiger partial charge in [0.25, 0.3) is 5.91 Å². The minimum absolute atomic E-state index is 0.163. The molecule has 0 radical (unpaired) electrons. The van der Waals surface area contributed by atoms with E-state index in [2.05, 4.69) is 10.6 Å². The topological polar surface area (TPSA) is 58.2 Å². The molecule has 0 saturated carbocycles. The second kappa shape index (κ2) is 10.1. The molecule has 0 aliphatic heterocycles. The summed E-state index contributed by atoms with van der Waals surface area (Å²) in [5.41, 5.74) is 2.29. The zero-order valence-corrected chi connectivity index (χ0v) is 19.7. The number of fused-ring (bicyclic) bond motifs is 1. The largest absolute Gasteiger partial charge is 0.322 e. The number of hydrogen-bond donors (Lipinski definition) is 2. The van der Waals surface area contributed by atoms with Crippen LogP contribution >= 0.6 is 46.3 Å². The molecule has 1 aliphatic carbocycles. The van der Waals surface area contributed by atoms with Crippen LogP contribution in [0.4, 0.5) is 10.7 Å². The first-order valence-electron chi connectivity index (χ1n) is 9.90. The van der Waals surface area contributed by atoms with Crippen molar-refractivity contribution in [1.82, 2.24) is 0 Å². The van der Waals surface area contributed by atoms with Gasteiger partial charge in [0, 0.05) is 20.5 Å². The Hall–Kier alpha value is -1.99. The van der Waals surface area contributed by atoms with Crippen LogP contribution in [0.1, 0.15) is 33.6 Å². The SMILES string of the molecule is O=C(CSc1ccccc1Cl)Nc1sc2c(c1C(=O)Nc1ccc(Cl)cc1)CCCC2. The van der Waals surface area contributed by atoms with Gasteiger partial charge in [-0.1, -0.05) is 35.3 Å². The highest BCUT2D eigenvalue weighted by molar-refractivity contribution is 8.00. The van der Waals surface area contributed by atoms with Crippen LogP contribution in [-0.4, -0.2) is 17.6 Å². The minimum atomic E-state index is -0.212. The molecule has 3 aromatic rings. The fourth-order valence-electron chi connectivity index (χ4n) is 3.49. The zero-order valence-electron chi connectivity index (χ0n) is 16.5. The molecule has 0 spiro atoms. The number of hydrogen-bond acceptors (Lipinski definition) is 4. The summed E-state index contributed by atoms with van der Waals surface area (Å²) < 4.78 is 0. The van der Waals surface area contributed by atoms with Gasteiger partial charge in [0.15, 0.2) is 0 Å². The van der Waals surface area contributed by atoms with Crippen molar-refractivity contribution in [2.24, 2.45) is 0 Å². The first kappa shape index (κ1) is 22.2. The molecule has 1 heterocycles. The van der Waals surface area contributed by atoms with E-state index in [1.165, 1.54) is 28.0 Å². The van der Waals surface area contributed by atoms with Gasteiger partial charge in [0.1, 0.15) is 5.00 Å². The standard InChI is InChI=1S/C23H20Cl2N2O2S2/c24-14-9-11-15(12-10-14)26-22(29)21-16-5-1-3-7-18(16)31-23(21)27-20(28)13-30-19-8-4-2-6-17(19)25/h2,4,6,8-12H,1,3,5,7,13H2,(H,26,29)(H,27,28). The Morgan fingerprint density at radius 2 is 1.71 bits per heavy atom. The maximum atomic E-state index is 13.1. The van der Waals surface area contributed by atoms with Crippen LogP contribution in [0.3, 0.4) is 0 Å². The number of anilines is 2. The summed E-state index contributed by atoms with van der Waals surface area (Å²) in [4.78, 5) is 27.8. The van der Waals surface area contributed by atoms with Crippen molar-refractivity contribution in [1.29, 1.82) is 0 Å². The third kappa shape index (κ3) is 5.44. The highest BCUT2D eigenvalue weighted by Crippen LogP contribution is 2.39. The Morgan fingerprint density at radius 1 is 0.968 bits per heavy atom. The van der Waals surface area contributed by atoms with Gasteiger partial charge >= 0.3 is 0 Å². The molecule has 8 heteroatoms. The predicted octanol–water partition coefficient (Wildman–Crippen LogP) is 6.92. The smallest absolute Gasteiger partial charge is 0.258 e. The monoisotopic (exact) mass is 490 g/mol. The van der Waals surface area contributed by atoms with Gasteiger partial charge in [-0.3, -0.25) is 9.59 Å². The average molecular weight is 491 g/mol. The van der Waals surface area contributed by atoms with Crippen LogP contribution in [0.5, 0.6) is 0 Å². The Labute approximate surface area is 199 Å². The molecule has 160 valence electrons. The van der Waals surface area contributed by atoms with Gasteiger partial charge in [-0.2, -0.15) is 0 Å². The van der Waals surface area contributed by atoms with Crippen LogP contribution in [0.2, 0.25) is 10.0 Å². The van der Waals surface area contributed by atoms with E-state index in [0.29, 0.717) is 26.3 Å². The molecule has 2 aromatic carbocycles. The van der Waals surface area contributed by atoms with E-state index >= 15 is 0 Å². The first-order chi connectivity index (χ1) is 15.0. The van der Waals surface area contributed by atoms with Crippen LogP contribution < -0.4 is 10.6 Å². The number of aryl methyl sites for hydroxylation is 1. The molecule has 0 fully saturated rings. The van der Waals surface area contributed by atoms with Gasteiger partial charge in [-0.15, -0.1) is 23.1 Å². The van der Waals surface area contributed by atoms with Crippen molar-refractivity contribution in [2.45, 2.75) is 30.6 Å². The fraction of sp³-hybridized carbons (Fsp3) is 0.217. The highest BCUT2D eigenvalue weighted by Gasteiger charge is 2.26. The van der Waals surface area contributed by atoms with Gasteiger partial charge in [-0.25, -0.2) is 0 Å². The number of amides is 2. The lowest BCUT2D eigenvalue weighted by Gasteiger charge is -2.13. The number of carbonyl (C=O) groups is 2. The van der Waals surface area contributed by atoms with Crippen LogP contribution in [0.15, 0.2) is 53.4 Å². The second-order valence-corrected chi connectivity index (χ2v) is 10.1. The number of thiophene rings is 1. The molecular formula is C23H20Cl2N2O2S2. The molecule has 0 saturated heterocycles. The van der Waals surface area contributed by atoms with Crippen LogP contribution in [0.25, 0.3) is 0 Å². The molecule has 1 aromatic heterocycles. The Kier molecular flexibility index (Phi) is 7.23. The second-order valence-electron chi connectivity index (χ2n) is 7.14. The number of nitrogens with one attached hydrogen (secondary N) is 2. The number of carbonyl (C=O) groups excluding carboxylic acids is 2. The maximum absolute atomic E-state index is 13.1. The predicted molar refractivity (Wildman–Crippen MR) is 131 cm³/mol. The number of rotatable bonds is 6. The van der Waals surface area contributed by atoms with Crippen molar-refractivity contribution in [3.8, 4) is 0 Å². The lowest BCUT2D eigenvalue weighted by atomic mass is 9.95. The highest BCUT2D eigenvalue weighted by atomic mass is 35.5. The Balaban J connectivity index is 1.52. The Bertz CT molecular complexity index is 1110. The maximum Gasteiger partial charge on any atom is 0.258 e. The molecule has 31 heavy (non-hydrogen) atoms. The first-order valence-corrected chi connectivity index (χ1v) is 12.5. The quantitative estimate of drug-likeness (QED) is 0.368. The van der Waals surface area contributed by atoms with Crippen molar-refractivity contribution in [2.75, 3.05) is 16.4 Å². The van der Waals surface area contributed by atoms with E-state index in [1.54, 1.807) is 30.3 Å². The number of benzene rings is 2. The Morgan fingerprint density at radius 3 is 2.48 bits per heavy atom. The normalized spacial score (nSPS) is 12.8. The van der Waals surface area contributed by atoms with E-state index in [4.69, 9.17) is 23.2 Å². The van der Waals surface area contributed by atoms with Crippen molar-refractivity contribution >= 4 is 68.8 Å². The third-order valence-corrected chi connectivity index (χ3v) is 7.92. The van der Waals surface area contributed by atoms with Crippen molar-refractivity contribution in [3.05, 3.63) is 74.6 Å². The lowest BCUT2D eigenvalue weighted by Crippen LogP contribution is -2.19. The van der Waals surface area contributed by atoms with E-state index in [1.807, 2.05) is 18.2 Å². The summed E-state index contributed by atoms with van der Waals surface area (Å²) in [5.74, 6) is -0.162. The van der Waals surface area contributed by atoms with Gasteiger partial charge in [0.05, 0.1) is 16.3 Å². The molecule has 1 aliphatic rings. The van der Waals surface area contributed by atoms with Crippen LogP contribution in [0, 0.1) is 0 Å². The summed E-state index contributed by atoms with van der Waals surface area (Å²) in [7, 11) is 0. The molecular weight excluding hydrogens is 471 g/mol. The summed E-state index contributed by atoms with van der Waals surface area (Å²) >= 11 is 15.0. The van der Waals surface area contributed by atoms with Gasteiger partial charge in [0.2, 0.25) is 5.91 Å². The number of thioether (sulfide) groups is 1. The molecule has 2 N–H and O–H groups in total. The van der Waals surface area contributed by atoms with E-state index in [9.17, 15) is 9.59 Å². The molecule has 0 atom stereocenters. The molecule has 0 unspecified atom stereocenters. The van der Waals surface area contributed by atoms with Crippen molar-refractivity contribution < 1.29 is 9.59 Å². The summed E-state index contributed by atoms with van der Waals surface area (Å²) in [6.07, 6.45) is 3.92. The minimum Gasteiger partial charge on any atom is -0.322 e. The summed E-state index contributed by atoms with van der Waals surface area (Å²) in [6, 6.07) is 14.4. The summed E-state index contributed by atoms with van der Waals surface area (Å²) in [6.45, 7) is 0. The number of halogens is 2. The molecule has 4 nitrogen and oxygen atoms in total. The molecule has 2 amide bonds. The third-order valence-electron chi connectivity index (χ3n) is 4.95. The van der Waals surface area contributed by atoms with E-state index in [0.717, 1.165) is 36.1 Å². The zero-order chi connectivity index (χ0) is 21.8. The lowest BCUT2D eigenvalue weighted by molar-refractivity contribution is -0.113. The van der Waals surface area contributed by atoms with Gasteiger partial charge in [-0.05, 0) is 67.6 Å². The average Bonchev–Trinajstić information content (AvgIpc) is 3.12. The van der Waals surface area contributed by atoms with E-state index < -0.39 is 0 Å². The van der Waals surface area contributed by atoms with Gasteiger partial charge < -0.3 is 10.6 Å². The molecule has 4 rings (SSSR count). The van der Waals surface area contributed by atoms with E-state index in [-0.39, 0.29) is 17.6 Å².